The van der Waals surface area contributed by atoms with E-state index in [9.17, 15) is 22.4 Å². The van der Waals surface area contributed by atoms with Crippen LogP contribution in [0.5, 0.6) is 0 Å². The first-order valence-electron chi connectivity index (χ1n) is 8.19. The molecule has 5 nitrogen and oxygen atoms in total. The summed E-state index contributed by atoms with van der Waals surface area (Å²) in [6.45, 7) is 0.740. The monoisotopic (exact) mass is 406 g/mol. The standard InChI is InChI=1S/C17H18F4N4O.ClH/c1-22-12-3-2-8-24(10-12)16(26)14-9-23-25(15(14)17(19,20)21)13-6-4-11(18)5-7-13;/h4-7,9,12,22H,2-3,8,10H2,1H3;1H. The summed E-state index contributed by atoms with van der Waals surface area (Å²) in [6, 6.07) is 4.50. The van der Waals surface area contributed by atoms with Gasteiger partial charge in [0.25, 0.3) is 5.91 Å². The number of likely N-dealkylation sites (tertiary alicyclic amines) is 1. The van der Waals surface area contributed by atoms with E-state index in [1.54, 1.807) is 7.05 Å². The van der Waals surface area contributed by atoms with Crippen molar-refractivity contribution in [3.63, 3.8) is 0 Å². The topological polar surface area (TPSA) is 50.2 Å². The number of rotatable bonds is 3. The van der Waals surface area contributed by atoms with Crippen molar-refractivity contribution < 1.29 is 22.4 Å². The molecule has 1 atom stereocenters. The molecule has 1 aliphatic heterocycles. The summed E-state index contributed by atoms with van der Waals surface area (Å²) >= 11 is 0. The van der Waals surface area contributed by atoms with Crippen LogP contribution in [0.1, 0.15) is 28.9 Å². The highest BCUT2D eigenvalue weighted by Gasteiger charge is 2.41. The molecule has 1 saturated heterocycles. The minimum Gasteiger partial charge on any atom is -0.337 e. The fourth-order valence-corrected chi connectivity index (χ4v) is 3.12. The Labute approximate surface area is 159 Å². The zero-order chi connectivity index (χ0) is 18.9. The van der Waals surface area contributed by atoms with Crippen LogP contribution >= 0.6 is 12.4 Å². The maximum absolute atomic E-state index is 13.7. The van der Waals surface area contributed by atoms with Crippen LogP contribution in [-0.2, 0) is 6.18 Å². The lowest BCUT2D eigenvalue weighted by molar-refractivity contribution is -0.143. The Morgan fingerprint density at radius 3 is 2.52 bits per heavy atom. The van der Waals surface area contributed by atoms with Crippen LogP contribution in [-0.4, -0.2) is 46.8 Å². The number of amides is 1. The Kier molecular flexibility index (Phi) is 6.48. The molecular weight excluding hydrogens is 388 g/mol. The maximum Gasteiger partial charge on any atom is 0.434 e. The quantitative estimate of drug-likeness (QED) is 0.796. The van der Waals surface area contributed by atoms with Crippen molar-refractivity contribution >= 4 is 18.3 Å². The summed E-state index contributed by atoms with van der Waals surface area (Å²) < 4.78 is 54.7. The summed E-state index contributed by atoms with van der Waals surface area (Å²) in [5, 5.41) is 6.80. The maximum atomic E-state index is 13.7. The molecule has 1 aliphatic rings. The molecule has 1 aromatic carbocycles. The molecule has 1 N–H and O–H groups in total. The van der Waals surface area contributed by atoms with Crippen molar-refractivity contribution in [1.82, 2.24) is 20.0 Å². The number of piperidine rings is 1. The average molecular weight is 407 g/mol. The third kappa shape index (κ3) is 4.41. The molecule has 0 aliphatic carbocycles. The van der Waals surface area contributed by atoms with Crippen molar-refractivity contribution in [2.45, 2.75) is 25.1 Å². The highest BCUT2D eigenvalue weighted by molar-refractivity contribution is 5.95. The number of alkyl halides is 3. The number of aromatic nitrogens is 2. The lowest BCUT2D eigenvalue weighted by Crippen LogP contribution is -2.47. The molecule has 27 heavy (non-hydrogen) atoms. The fraction of sp³-hybridized carbons (Fsp3) is 0.412. The van der Waals surface area contributed by atoms with E-state index >= 15 is 0 Å². The fourth-order valence-electron chi connectivity index (χ4n) is 3.12. The van der Waals surface area contributed by atoms with Gasteiger partial charge in [-0.2, -0.15) is 18.3 Å². The summed E-state index contributed by atoms with van der Waals surface area (Å²) in [5.74, 6) is -1.28. The summed E-state index contributed by atoms with van der Waals surface area (Å²) in [5.41, 5.74) is -1.62. The molecule has 1 fully saturated rings. The molecule has 148 valence electrons. The second-order valence-corrected chi connectivity index (χ2v) is 6.17. The van der Waals surface area contributed by atoms with Gasteiger partial charge in [0.15, 0.2) is 5.69 Å². The average Bonchev–Trinajstić information content (AvgIpc) is 3.07. The van der Waals surface area contributed by atoms with Crippen molar-refractivity contribution in [3.8, 4) is 5.69 Å². The van der Waals surface area contributed by atoms with E-state index < -0.39 is 29.2 Å². The molecule has 1 unspecified atom stereocenters. The molecule has 2 heterocycles. The van der Waals surface area contributed by atoms with E-state index in [0.717, 1.165) is 24.8 Å². The first kappa shape index (κ1) is 21.2. The number of hydrogen-bond donors (Lipinski definition) is 1. The number of benzene rings is 1. The van der Waals surface area contributed by atoms with E-state index in [4.69, 9.17) is 0 Å². The molecule has 3 rings (SSSR count). The van der Waals surface area contributed by atoms with Crippen molar-refractivity contribution in [2.24, 2.45) is 0 Å². The van der Waals surface area contributed by atoms with Crippen LogP contribution in [0.4, 0.5) is 17.6 Å². The Hall–Kier alpha value is -2.13. The van der Waals surface area contributed by atoms with Crippen LogP contribution in [0.2, 0.25) is 0 Å². The SMILES string of the molecule is CNC1CCCN(C(=O)c2cnn(-c3ccc(F)cc3)c2C(F)(F)F)C1.Cl. The van der Waals surface area contributed by atoms with Gasteiger partial charge in [-0.1, -0.05) is 0 Å². The molecule has 0 spiro atoms. The van der Waals surface area contributed by atoms with Gasteiger partial charge in [0, 0.05) is 19.1 Å². The largest absolute Gasteiger partial charge is 0.434 e. The number of halogens is 5. The van der Waals surface area contributed by atoms with Crippen molar-refractivity contribution in [2.75, 3.05) is 20.1 Å². The van der Waals surface area contributed by atoms with Crippen LogP contribution in [0, 0.1) is 5.82 Å². The first-order chi connectivity index (χ1) is 12.3. The van der Waals surface area contributed by atoms with Gasteiger partial charge in [-0.15, -0.1) is 12.4 Å². The smallest absolute Gasteiger partial charge is 0.337 e. The highest BCUT2D eigenvalue weighted by atomic mass is 35.5. The summed E-state index contributed by atoms with van der Waals surface area (Å²) in [7, 11) is 1.76. The van der Waals surface area contributed by atoms with E-state index in [1.807, 2.05) is 0 Å². The van der Waals surface area contributed by atoms with Gasteiger partial charge in [0.1, 0.15) is 5.82 Å². The predicted octanol–water partition coefficient (Wildman–Crippen LogP) is 3.28. The zero-order valence-electron chi connectivity index (χ0n) is 14.5. The van der Waals surface area contributed by atoms with E-state index in [0.29, 0.717) is 24.2 Å². The predicted molar refractivity (Wildman–Crippen MR) is 93.8 cm³/mol. The van der Waals surface area contributed by atoms with Gasteiger partial charge >= 0.3 is 6.18 Å². The third-order valence-corrected chi connectivity index (χ3v) is 4.46. The van der Waals surface area contributed by atoms with E-state index in [1.165, 1.54) is 17.0 Å². The second-order valence-electron chi connectivity index (χ2n) is 6.17. The molecule has 1 aromatic heterocycles. The Morgan fingerprint density at radius 2 is 1.93 bits per heavy atom. The van der Waals surface area contributed by atoms with Crippen LogP contribution < -0.4 is 5.32 Å². The van der Waals surface area contributed by atoms with Crippen LogP contribution in [0.25, 0.3) is 5.69 Å². The van der Waals surface area contributed by atoms with Crippen molar-refractivity contribution in [1.29, 1.82) is 0 Å². The van der Waals surface area contributed by atoms with Gasteiger partial charge in [-0.05, 0) is 44.2 Å². The van der Waals surface area contributed by atoms with Gasteiger partial charge < -0.3 is 10.2 Å². The molecule has 2 aromatic rings. The summed E-state index contributed by atoms with van der Waals surface area (Å²) in [4.78, 5) is 14.1. The lowest BCUT2D eigenvalue weighted by atomic mass is 10.0. The molecule has 0 saturated carbocycles. The number of carbonyl (C=O) groups excluding carboxylic acids is 1. The van der Waals surface area contributed by atoms with Gasteiger partial charge in [0.2, 0.25) is 0 Å². The molecule has 10 heteroatoms. The van der Waals surface area contributed by atoms with Crippen LogP contribution in [0.15, 0.2) is 30.5 Å². The molecule has 0 radical (unpaired) electrons. The minimum absolute atomic E-state index is 0. The molecule has 1 amide bonds. The van der Waals surface area contributed by atoms with E-state index in [-0.39, 0.29) is 24.1 Å². The van der Waals surface area contributed by atoms with E-state index in [2.05, 4.69) is 10.4 Å². The number of carbonyl (C=O) groups is 1. The third-order valence-electron chi connectivity index (χ3n) is 4.46. The zero-order valence-corrected chi connectivity index (χ0v) is 15.3. The van der Waals surface area contributed by atoms with Gasteiger partial charge in [-0.3, -0.25) is 4.79 Å². The summed E-state index contributed by atoms with van der Waals surface area (Å²) in [6.07, 6.45) is -2.28. The number of hydrogen-bond acceptors (Lipinski definition) is 3. The molecule has 0 bridgehead atoms. The van der Waals surface area contributed by atoms with Gasteiger partial charge in [-0.25, -0.2) is 9.07 Å². The Balaban J connectivity index is 0.00000261. The highest BCUT2D eigenvalue weighted by Crippen LogP contribution is 2.34. The first-order valence-corrected chi connectivity index (χ1v) is 8.19. The van der Waals surface area contributed by atoms with Gasteiger partial charge in [0.05, 0.1) is 17.4 Å². The number of nitrogens with zero attached hydrogens (tertiary/aromatic N) is 3. The molecular formula is C17H19ClF4N4O. The second kappa shape index (κ2) is 8.26. The lowest BCUT2D eigenvalue weighted by Gasteiger charge is -2.32. The van der Waals surface area contributed by atoms with Crippen LogP contribution in [0.3, 0.4) is 0 Å². The number of nitrogens with one attached hydrogen (secondary N) is 1. The van der Waals surface area contributed by atoms with Crippen molar-refractivity contribution in [3.05, 3.63) is 47.5 Å². The minimum atomic E-state index is -4.78. The normalized spacial score (nSPS) is 17.5. The number of likely N-dealkylation sites (N-methyl/N-ethyl adjacent to an activating group) is 1. The Bertz CT molecular complexity index is 791. The Morgan fingerprint density at radius 1 is 1.26 bits per heavy atom.